The van der Waals surface area contributed by atoms with Gasteiger partial charge in [0.15, 0.2) is 0 Å². The zero-order valence-electron chi connectivity index (χ0n) is 10.0. The molecule has 2 bridgehead atoms. The van der Waals surface area contributed by atoms with E-state index in [1.165, 1.54) is 0 Å². The highest BCUT2D eigenvalue weighted by atomic mass is 16.6. The number of carbonyl (C=O) groups is 1. The van der Waals surface area contributed by atoms with Crippen LogP contribution in [-0.2, 0) is 9.53 Å². The second kappa shape index (κ2) is 4.58. The molecule has 0 aromatic rings. The van der Waals surface area contributed by atoms with Crippen LogP contribution in [0.15, 0.2) is 0 Å². The number of ether oxygens (including phenoxy) is 1. The minimum Gasteiger partial charge on any atom is -0.460 e. The molecule has 0 saturated heterocycles. The first-order valence-corrected chi connectivity index (χ1v) is 5.88. The molecule has 2 fully saturated rings. The maximum absolute atomic E-state index is 11.9. The average Bonchev–Trinajstić information content (AvgIpc) is 2.65. The molecule has 3 unspecified atom stereocenters. The lowest BCUT2D eigenvalue weighted by atomic mass is 9.85. The number of carbonyl (C=O) groups excluding carboxylic acids is 1. The molecule has 100 valence electrons. The van der Waals surface area contributed by atoms with Crippen LogP contribution < -0.4 is 0 Å². The molecule has 2 aliphatic rings. The molecule has 5 atom stereocenters. The number of aliphatic hydroxyl groups is 2. The first-order valence-electron chi connectivity index (χ1n) is 5.88. The fourth-order valence-corrected chi connectivity index (χ4v) is 2.95. The Morgan fingerprint density at radius 3 is 2.18 bits per heavy atom. The molecule has 4 heteroatoms. The lowest BCUT2D eigenvalue weighted by Gasteiger charge is -2.30. The summed E-state index contributed by atoms with van der Waals surface area (Å²) in [5.41, 5.74) is -0.484. The summed E-state index contributed by atoms with van der Waals surface area (Å²) in [4.78, 5) is 11.9. The molecule has 0 aromatic heterocycles. The number of esters is 1. The van der Waals surface area contributed by atoms with Gasteiger partial charge in [-0.2, -0.15) is 0 Å². The SMILES string of the molecule is C.CC(C)(C)OC(=O)C1CC2CC1[C@@H](O)[C@@H]2O. The molecule has 2 rings (SSSR count). The summed E-state index contributed by atoms with van der Waals surface area (Å²) in [5.74, 6) is -0.513. The second-order valence-electron chi connectivity index (χ2n) is 6.02. The van der Waals surface area contributed by atoms with Crippen molar-refractivity contribution in [2.45, 2.75) is 58.8 Å². The van der Waals surface area contributed by atoms with Crippen molar-refractivity contribution in [3.63, 3.8) is 0 Å². The van der Waals surface area contributed by atoms with Crippen molar-refractivity contribution < 1.29 is 19.7 Å². The summed E-state index contributed by atoms with van der Waals surface area (Å²) in [7, 11) is 0. The molecule has 2 N–H and O–H groups in total. The molecule has 2 aliphatic carbocycles. The minimum absolute atomic E-state index is 0. The molecule has 0 amide bonds. The quantitative estimate of drug-likeness (QED) is 0.683. The smallest absolute Gasteiger partial charge is 0.309 e. The van der Waals surface area contributed by atoms with E-state index in [-0.39, 0.29) is 31.1 Å². The standard InChI is InChI=1S/C12H20O4.CH4/c1-12(2,3)16-11(15)8-5-6-4-7(8)10(14)9(6)13;/h6-10,13-14H,4-5H2,1-3H3;1H4/t6?,7?,8?,9-,10-;/m1./s1. The van der Waals surface area contributed by atoms with E-state index in [0.717, 1.165) is 6.42 Å². The lowest BCUT2D eigenvalue weighted by Crippen LogP contribution is -2.41. The van der Waals surface area contributed by atoms with Crippen molar-refractivity contribution in [2.75, 3.05) is 0 Å². The van der Waals surface area contributed by atoms with Gasteiger partial charge >= 0.3 is 5.97 Å². The normalized spacial score (nSPS) is 39.9. The Morgan fingerprint density at radius 2 is 1.76 bits per heavy atom. The number of fused-ring (bicyclic) bond motifs is 2. The summed E-state index contributed by atoms with van der Waals surface area (Å²) in [5, 5.41) is 19.4. The molecule has 0 spiro atoms. The topological polar surface area (TPSA) is 66.8 Å². The number of hydrogen-bond acceptors (Lipinski definition) is 4. The van der Waals surface area contributed by atoms with E-state index in [0.29, 0.717) is 6.42 Å². The van der Waals surface area contributed by atoms with Crippen LogP contribution in [0.2, 0.25) is 0 Å². The third-order valence-corrected chi connectivity index (χ3v) is 3.63. The second-order valence-corrected chi connectivity index (χ2v) is 6.02. The van der Waals surface area contributed by atoms with Crippen molar-refractivity contribution in [1.29, 1.82) is 0 Å². The molecule has 0 radical (unpaired) electrons. The molecular formula is C13H24O4. The lowest BCUT2D eigenvalue weighted by molar-refractivity contribution is -0.165. The summed E-state index contributed by atoms with van der Waals surface area (Å²) < 4.78 is 5.33. The van der Waals surface area contributed by atoms with Gasteiger partial charge in [-0.15, -0.1) is 0 Å². The number of hydrogen-bond donors (Lipinski definition) is 2. The van der Waals surface area contributed by atoms with E-state index >= 15 is 0 Å². The van der Waals surface area contributed by atoms with Gasteiger partial charge in [0.2, 0.25) is 0 Å². The maximum Gasteiger partial charge on any atom is 0.309 e. The van der Waals surface area contributed by atoms with Crippen LogP contribution in [0.5, 0.6) is 0 Å². The molecule has 0 aliphatic heterocycles. The minimum atomic E-state index is -0.753. The largest absolute Gasteiger partial charge is 0.460 e. The van der Waals surface area contributed by atoms with Gasteiger partial charge in [-0.25, -0.2) is 0 Å². The van der Waals surface area contributed by atoms with Crippen LogP contribution in [0.3, 0.4) is 0 Å². The zero-order chi connectivity index (χ0) is 12.1. The van der Waals surface area contributed by atoms with Crippen molar-refractivity contribution in [1.82, 2.24) is 0 Å². The van der Waals surface area contributed by atoms with E-state index in [1.54, 1.807) is 0 Å². The van der Waals surface area contributed by atoms with Gasteiger partial charge in [0.05, 0.1) is 18.1 Å². The van der Waals surface area contributed by atoms with Gasteiger partial charge in [0, 0.05) is 5.92 Å². The molecular weight excluding hydrogens is 220 g/mol. The first-order chi connectivity index (χ1) is 7.29. The highest BCUT2D eigenvalue weighted by Crippen LogP contribution is 2.49. The maximum atomic E-state index is 11.9. The molecule has 4 nitrogen and oxygen atoms in total. The van der Waals surface area contributed by atoms with Crippen LogP contribution in [0.25, 0.3) is 0 Å². The van der Waals surface area contributed by atoms with Crippen LogP contribution in [0.4, 0.5) is 0 Å². The molecule has 2 saturated carbocycles. The van der Waals surface area contributed by atoms with Gasteiger partial charge in [0.25, 0.3) is 0 Å². The van der Waals surface area contributed by atoms with Gasteiger partial charge in [0.1, 0.15) is 5.60 Å². The Labute approximate surface area is 103 Å². The number of rotatable bonds is 1. The van der Waals surface area contributed by atoms with Gasteiger partial charge in [-0.3, -0.25) is 4.79 Å². The van der Waals surface area contributed by atoms with Crippen molar-refractivity contribution in [3.05, 3.63) is 0 Å². The van der Waals surface area contributed by atoms with Gasteiger partial charge in [-0.05, 0) is 39.5 Å². The average molecular weight is 244 g/mol. The monoisotopic (exact) mass is 244 g/mol. The zero-order valence-corrected chi connectivity index (χ0v) is 10.0. The fourth-order valence-electron chi connectivity index (χ4n) is 2.95. The van der Waals surface area contributed by atoms with Gasteiger partial charge < -0.3 is 14.9 Å². The van der Waals surface area contributed by atoms with Crippen LogP contribution >= 0.6 is 0 Å². The van der Waals surface area contributed by atoms with E-state index < -0.39 is 17.8 Å². The van der Waals surface area contributed by atoms with Crippen molar-refractivity contribution in [2.24, 2.45) is 17.8 Å². The van der Waals surface area contributed by atoms with E-state index in [1.807, 2.05) is 20.8 Å². The summed E-state index contributed by atoms with van der Waals surface area (Å²) in [6, 6.07) is 0. The Kier molecular flexibility index (Phi) is 3.89. The van der Waals surface area contributed by atoms with Crippen LogP contribution in [0.1, 0.15) is 41.0 Å². The Hall–Kier alpha value is -0.610. The molecule has 17 heavy (non-hydrogen) atoms. The van der Waals surface area contributed by atoms with Crippen LogP contribution in [-0.4, -0.2) is 34.0 Å². The Morgan fingerprint density at radius 1 is 1.18 bits per heavy atom. The number of aliphatic hydroxyl groups excluding tert-OH is 2. The van der Waals surface area contributed by atoms with Gasteiger partial charge in [-0.1, -0.05) is 7.43 Å². The Bertz CT molecular complexity index is 292. The Balaban J connectivity index is 0.00000144. The van der Waals surface area contributed by atoms with Crippen molar-refractivity contribution >= 4 is 5.97 Å². The van der Waals surface area contributed by atoms with Crippen molar-refractivity contribution in [3.8, 4) is 0 Å². The first kappa shape index (κ1) is 14.5. The van der Waals surface area contributed by atoms with E-state index in [9.17, 15) is 15.0 Å². The summed E-state index contributed by atoms with van der Waals surface area (Å²) in [6.45, 7) is 5.51. The fraction of sp³-hybridized carbons (Fsp3) is 0.923. The molecule has 0 heterocycles. The van der Waals surface area contributed by atoms with E-state index in [2.05, 4.69) is 0 Å². The highest BCUT2D eigenvalue weighted by Gasteiger charge is 2.54. The highest BCUT2D eigenvalue weighted by molar-refractivity contribution is 5.74. The van der Waals surface area contributed by atoms with Crippen LogP contribution in [0, 0.1) is 17.8 Å². The summed E-state index contributed by atoms with van der Waals surface area (Å²) >= 11 is 0. The third-order valence-electron chi connectivity index (χ3n) is 3.63. The molecule has 0 aromatic carbocycles. The predicted molar refractivity (Wildman–Crippen MR) is 64.3 cm³/mol. The third kappa shape index (κ3) is 2.63. The van der Waals surface area contributed by atoms with E-state index in [4.69, 9.17) is 4.74 Å². The summed E-state index contributed by atoms with van der Waals surface area (Å²) in [6.07, 6.45) is -0.00991. The predicted octanol–water partition coefficient (Wildman–Crippen LogP) is 1.34.